The number of anilines is 1. The summed E-state index contributed by atoms with van der Waals surface area (Å²) in [4.78, 5) is 31.2. The molecule has 1 aromatic heterocycles. The van der Waals surface area contributed by atoms with E-state index in [1.807, 2.05) is 0 Å². The molecule has 1 unspecified atom stereocenters. The maximum absolute atomic E-state index is 12.8. The lowest BCUT2D eigenvalue weighted by Gasteiger charge is -2.35. The largest absolute Gasteiger partial charge is 0.497 e. The number of aromatic nitrogens is 1. The number of aliphatic hydroxyl groups is 1. The van der Waals surface area contributed by atoms with Crippen molar-refractivity contribution in [1.82, 2.24) is 9.88 Å². The molecule has 0 aliphatic carbocycles. The second-order valence-corrected chi connectivity index (χ2v) is 7.24. The van der Waals surface area contributed by atoms with E-state index in [1.165, 1.54) is 11.3 Å². The van der Waals surface area contributed by atoms with Crippen molar-refractivity contribution < 1.29 is 19.4 Å². The van der Waals surface area contributed by atoms with Crippen LogP contribution >= 0.6 is 11.3 Å². The van der Waals surface area contributed by atoms with Gasteiger partial charge in [0, 0.05) is 30.1 Å². The number of carbonyl (C=O) groups excluding carboxylic acids is 2. The Balaban J connectivity index is 1.66. The van der Waals surface area contributed by atoms with Gasteiger partial charge in [-0.1, -0.05) is 0 Å². The monoisotopic (exact) mass is 389 g/mol. The molecule has 1 saturated heterocycles. The quantitative estimate of drug-likeness (QED) is 0.793. The first-order valence-corrected chi connectivity index (χ1v) is 9.83. The van der Waals surface area contributed by atoms with E-state index in [-0.39, 0.29) is 24.5 Å². The highest BCUT2D eigenvalue weighted by Crippen LogP contribution is 2.24. The maximum atomic E-state index is 12.8. The fourth-order valence-electron chi connectivity index (χ4n) is 3.21. The van der Waals surface area contributed by atoms with Crippen LogP contribution < -0.4 is 10.1 Å². The van der Waals surface area contributed by atoms with Crippen molar-refractivity contribution in [2.45, 2.75) is 31.7 Å². The average Bonchev–Trinajstić information content (AvgIpc) is 3.16. The fourth-order valence-corrected chi connectivity index (χ4v) is 3.88. The second kappa shape index (κ2) is 8.96. The van der Waals surface area contributed by atoms with Crippen LogP contribution in [0.1, 0.15) is 46.5 Å². The Kier molecular flexibility index (Phi) is 6.41. The molecule has 2 heterocycles. The van der Waals surface area contributed by atoms with Gasteiger partial charge in [0.1, 0.15) is 11.4 Å². The molecule has 2 N–H and O–H groups in total. The number of likely N-dealkylation sites (tertiary alicyclic amines) is 1. The normalized spacial score (nSPS) is 16.8. The van der Waals surface area contributed by atoms with Gasteiger partial charge < -0.3 is 14.7 Å². The number of amides is 2. The Morgan fingerprint density at radius 3 is 2.81 bits per heavy atom. The van der Waals surface area contributed by atoms with Gasteiger partial charge in [-0.3, -0.25) is 14.9 Å². The molecular formula is C19H23N3O4S. The molecule has 144 valence electrons. The van der Waals surface area contributed by atoms with E-state index in [9.17, 15) is 14.7 Å². The van der Waals surface area contributed by atoms with Crippen LogP contribution in [0.4, 0.5) is 5.13 Å². The zero-order chi connectivity index (χ0) is 19.2. The zero-order valence-corrected chi connectivity index (χ0v) is 16.0. The lowest BCUT2D eigenvalue weighted by molar-refractivity contribution is 0.0569. The Morgan fingerprint density at radius 2 is 2.11 bits per heavy atom. The van der Waals surface area contributed by atoms with Gasteiger partial charge in [0.2, 0.25) is 0 Å². The predicted molar refractivity (Wildman–Crippen MR) is 103 cm³/mol. The summed E-state index contributed by atoms with van der Waals surface area (Å²) >= 11 is 1.22. The van der Waals surface area contributed by atoms with E-state index in [0.29, 0.717) is 35.1 Å². The number of piperidine rings is 1. The van der Waals surface area contributed by atoms with E-state index in [2.05, 4.69) is 10.3 Å². The molecule has 1 atom stereocenters. The molecule has 2 amide bonds. The van der Waals surface area contributed by atoms with Crippen molar-refractivity contribution >= 4 is 28.3 Å². The summed E-state index contributed by atoms with van der Waals surface area (Å²) in [5.41, 5.74) is 0.813. The summed E-state index contributed by atoms with van der Waals surface area (Å²) in [7, 11) is 1.57. The van der Waals surface area contributed by atoms with Crippen LogP contribution in [0.2, 0.25) is 0 Å². The van der Waals surface area contributed by atoms with Crippen molar-refractivity contribution in [3.05, 3.63) is 40.9 Å². The lowest BCUT2D eigenvalue weighted by Crippen LogP contribution is -2.44. The van der Waals surface area contributed by atoms with Gasteiger partial charge >= 0.3 is 0 Å². The van der Waals surface area contributed by atoms with E-state index in [4.69, 9.17) is 4.74 Å². The number of thiazole rings is 1. The van der Waals surface area contributed by atoms with Crippen molar-refractivity contribution in [2.24, 2.45) is 0 Å². The fraction of sp³-hybridized carbons (Fsp3) is 0.421. The van der Waals surface area contributed by atoms with Crippen LogP contribution in [0.3, 0.4) is 0 Å². The Bertz CT molecular complexity index is 789. The number of carbonyl (C=O) groups is 2. The topological polar surface area (TPSA) is 91.8 Å². The summed E-state index contributed by atoms with van der Waals surface area (Å²) in [5, 5.41) is 14.0. The van der Waals surface area contributed by atoms with Crippen molar-refractivity contribution in [3.63, 3.8) is 0 Å². The third-order valence-electron chi connectivity index (χ3n) is 4.65. The maximum Gasteiger partial charge on any atom is 0.273 e. The molecular weight excluding hydrogens is 366 g/mol. The third-order valence-corrected chi connectivity index (χ3v) is 5.40. The summed E-state index contributed by atoms with van der Waals surface area (Å²) in [5.74, 6) is 0.240. The highest BCUT2D eigenvalue weighted by molar-refractivity contribution is 7.14. The Morgan fingerprint density at radius 1 is 1.33 bits per heavy atom. The molecule has 0 spiro atoms. The van der Waals surface area contributed by atoms with Crippen LogP contribution in [0.5, 0.6) is 5.75 Å². The molecule has 1 aromatic carbocycles. The number of hydrogen-bond acceptors (Lipinski definition) is 6. The van der Waals surface area contributed by atoms with Gasteiger partial charge in [-0.15, -0.1) is 11.3 Å². The van der Waals surface area contributed by atoms with Crippen molar-refractivity contribution in [1.29, 1.82) is 0 Å². The van der Waals surface area contributed by atoms with Gasteiger partial charge in [0.25, 0.3) is 11.8 Å². The Hall–Kier alpha value is -2.45. The number of hydrogen-bond donors (Lipinski definition) is 2. The van der Waals surface area contributed by atoms with Crippen LogP contribution in [-0.4, -0.2) is 53.1 Å². The SMILES string of the molecule is COc1ccc(C(=O)Nc2nc(C(=O)N3CCCCC3CCO)cs2)cc1. The third kappa shape index (κ3) is 4.64. The van der Waals surface area contributed by atoms with Crippen molar-refractivity contribution in [3.8, 4) is 5.75 Å². The van der Waals surface area contributed by atoms with Gasteiger partial charge in [0.15, 0.2) is 5.13 Å². The molecule has 2 aromatic rings. The highest BCUT2D eigenvalue weighted by Gasteiger charge is 2.28. The second-order valence-electron chi connectivity index (χ2n) is 6.38. The van der Waals surface area contributed by atoms with Crippen LogP contribution in [0.15, 0.2) is 29.6 Å². The van der Waals surface area contributed by atoms with Crippen LogP contribution in [0.25, 0.3) is 0 Å². The van der Waals surface area contributed by atoms with E-state index < -0.39 is 0 Å². The number of benzene rings is 1. The summed E-state index contributed by atoms with van der Waals surface area (Å²) in [6.07, 6.45) is 3.50. The van der Waals surface area contributed by atoms with Crippen molar-refractivity contribution in [2.75, 3.05) is 25.6 Å². The predicted octanol–water partition coefficient (Wildman–Crippen LogP) is 2.78. The smallest absolute Gasteiger partial charge is 0.273 e. The number of rotatable bonds is 6. The summed E-state index contributed by atoms with van der Waals surface area (Å²) in [6, 6.07) is 6.81. The first kappa shape index (κ1) is 19.3. The molecule has 1 aliphatic rings. The number of methoxy groups -OCH3 is 1. The number of ether oxygens (including phenoxy) is 1. The molecule has 0 radical (unpaired) electrons. The number of nitrogens with zero attached hydrogens (tertiary/aromatic N) is 2. The minimum Gasteiger partial charge on any atom is -0.497 e. The highest BCUT2D eigenvalue weighted by atomic mass is 32.1. The minimum atomic E-state index is -0.290. The first-order valence-electron chi connectivity index (χ1n) is 8.95. The van der Waals surface area contributed by atoms with Gasteiger partial charge in [-0.25, -0.2) is 4.98 Å². The molecule has 1 aliphatic heterocycles. The zero-order valence-electron chi connectivity index (χ0n) is 15.2. The molecule has 7 nitrogen and oxygen atoms in total. The molecule has 27 heavy (non-hydrogen) atoms. The van der Waals surface area contributed by atoms with E-state index >= 15 is 0 Å². The molecule has 8 heteroatoms. The molecule has 1 fully saturated rings. The molecule has 0 bridgehead atoms. The molecule has 3 rings (SSSR count). The number of nitrogens with one attached hydrogen (secondary N) is 1. The molecule has 0 saturated carbocycles. The van der Waals surface area contributed by atoms with Gasteiger partial charge in [-0.2, -0.15) is 0 Å². The van der Waals surface area contributed by atoms with Gasteiger partial charge in [-0.05, 0) is 49.9 Å². The number of aliphatic hydroxyl groups excluding tert-OH is 1. The minimum absolute atomic E-state index is 0.0512. The van der Waals surface area contributed by atoms with E-state index in [0.717, 1.165) is 19.3 Å². The lowest BCUT2D eigenvalue weighted by atomic mass is 9.99. The first-order chi connectivity index (χ1) is 13.1. The average molecular weight is 389 g/mol. The van der Waals surface area contributed by atoms with Crippen LogP contribution in [0, 0.1) is 0 Å². The summed E-state index contributed by atoms with van der Waals surface area (Å²) in [6.45, 7) is 0.739. The van der Waals surface area contributed by atoms with Gasteiger partial charge in [0.05, 0.1) is 7.11 Å². The Labute approximate surface area is 162 Å². The standard InChI is InChI=1S/C19H23N3O4S/c1-26-15-7-5-13(6-8-15)17(24)21-19-20-16(12-27-19)18(25)22-10-3-2-4-14(22)9-11-23/h5-8,12,14,23H,2-4,9-11H2,1H3,(H,20,21,24). The van der Waals surface area contributed by atoms with Crippen LogP contribution in [-0.2, 0) is 0 Å². The van der Waals surface area contributed by atoms with E-state index in [1.54, 1.807) is 41.7 Å². The summed E-state index contributed by atoms with van der Waals surface area (Å²) < 4.78 is 5.08.